The van der Waals surface area contributed by atoms with Crippen molar-refractivity contribution in [3.05, 3.63) is 95.2 Å². The van der Waals surface area contributed by atoms with Crippen LogP contribution in [0.3, 0.4) is 0 Å². The predicted molar refractivity (Wildman–Crippen MR) is 142 cm³/mol. The van der Waals surface area contributed by atoms with E-state index < -0.39 is 17.5 Å². The highest BCUT2D eigenvalue weighted by molar-refractivity contribution is 5.99. The number of rotatable bonds is 8. The molecule has 0 bridgehead atoms. The minimum atomic E-state index is -0.736. The molecule has 1 aliphatic rings. The van der Waals surface area contributed by atoms with Gasteiger partial charge in [0.25, 0.3) is 0 Å². The maximum Gasteiger partial charge on any atom is 0.248 e. The molecule has 6 heteroatoms. The summed E-state index contributed by atoms with van der Waals surface area (Å²) in [5.41, 5.74) is 5.22. The summed E-state index contributed by atoms with van der Waals surface area (Å²) in [4.78, 5) is 16.4. The lowest BCUT2D eigenvalue weighted by molar-refractivity contribution is -0.111. The van der Waals surface area contributed by atoms with Crippen molar-refractivity contribution < 1.29 is 13.6 Å². The zero-order chi connectivity index (χ0) is 26.5. The summed E-state index contributed by atoms with van der Waals surface area (Å²) in [5, 5.41) is 2.49. The minimum absolute atomic E-state index is 0.0839. The van der Waals surface area contributed by atoms with E-state index in [9.17, 15) is 13.6 Å². The molecule has 2 atom stereocenters. The summed E-state index contributed by atoms with van der Waals surface area (Å²) in [6.45, 7) is 13.2. The molecule has 0 fully saturated rings. The molecule has 1 heterocycles. The Kier molecular flexibility index (Phi) is 8.83. The standard InChI is InChI=1S/C30H37F2N3O/c1-20(14-29(36)34-26-17-24(31)16-25(32)18-26)8-7-9-21(2)22(3)15-27-23(4)28(10-11-30(27,5)6)35-13-12-33-19-35/h7-9,12-14,16-19,22,28H,10-11,15H2,1-6H3,(H,34,36)/b8-7+,20-14+,21-9+. The molecule has 1 aromatic carbocycles. The van der Waals surface area contributed by atoms with Crippen molar-refractivity contribution in [2.45, 2.75) is 66.8 Å². The highest BCUT2D eigenvalue weighted by Gasteiger charge is 2.34. The molecular weight excluding hydrogens is 456 g/mol. The Labute approximate surface area is 213 Å². The van der Waals surface area contributed by atoms with Crippen LogP contribution in [-0.4, -0.2) is 15.5 Å². The van der Waals surface area contributed by atoms with Crippen LogP contribution in [-0.2, 0) is 4.79 Å². The normalized spacial score (nSPS) is 19.6. The van der Waals surface area contributed by atoms with E-state index in [1.165, 1.54) is 22.8 Å². The molecule has 0 spiro atoms. The Hall–Kier alpha value is -3.28. The molecule has 36 heavy (non-hydrogen) atoms. The number of nitrogens with one attached hydrogen (secondary N) is 1. The molecule has 3 rings (SSSR count). The molecule has 1 aliphatic carbocycles. The van der Waals surface area contributed by atoms with Crippen molar-refractivity contribution in [3.63, 3.8) is 0 Å². The van der Waals surface area contributed by atoms with Gasteiger partial charge in [-0.2, -0.15) is 0 Å². The van der Waals surface area contributed by atoms with Crippen molar-refractivity contribution in [1.29, 1.82) is 0 Å². The van der Waals surface area contributed by atoms with Crippen molar-refractivity contribution in [2.24, 2.45) is 11.3 Å². The van der Waals surface area contributed by atoms with Gasteiger partial charge < -0.3 is 9.88 Å². The molecule has 0 saturated heterocycles. The topological polar surface area (TPSA) is 46.9 Å². The third kappa shape index (κ3) is 7.12. The number of amides is 1. The second-order valence-electron chi connectivity index (χ2n) is 10.5. The number of hydrogen-bond acceptors (Lipinski definition) is 2. The zero-order valence-electron chi connectivity index (χ0n) is 22.1. The van der Waals surface area contributed by atoms with Gasteiger partial charge in [0.05, 0.1) is 12.4 Å². The summed E-state index contributed by atoms with van der Waals surface area (Å²) in [7, 11) is 0. The van der Waals surface area contributed by atoms with Crippen LogP contribution in [0, 0.1) is 23.0 Å². The van der Waals surface area contributed by atoms with E-state index in [4.69, 9.17) is 0 Å². The number of aromatic nitrogens is 2. The molecule has 1 N–H and O–H groups in total. The SMILES string of the molecule is CC1=C(CC(C)/C(C)=C/C=C/C(C)=C/C(=O)Nc2cc(F)cc(F)c2)C(C)(C)CCC1n1ccnc1. The van der Waals surface area contributed by atoms with Gasteiger partial charge >= 0.3 is 0 Å². The van der Waals surface area contributed by atoms with Crippen LogP contribution in [0.15, 0.2) is 83.5 Å². The van der Waals surface area contributed by atoms with Gasteiger partial charge in [-0.05, 0) is 69.1 Å². The first-order chi connectivity index (χ1) is 17.0. The van der Waals surface area contributed by atoms with Gasteiger partial charge in [0.2, 0.25) is 5.91 Å². The molecule has 2 unspecified atom stereocenters. The summed E-state index contributed by atoms with van der Waals surface area (Å²) >= 11 is 0. The lowest BCUT2D eigenvalue weighted by Gasteiger charge is -2.40. The van der Waals surface area contributed by atoms with Gasteiger partial charge in [-0.25, -0.2) is 13.8 Å². The highest BCUT2D eigenvalue weighted by Crippen LogP contribution is 2.47. The van der Waals surface area contributed by atoms with Crippen LogP contribution >= 0.6 is 0 Å². The van der Waals surface area contributed by atoms with Gasteiger partial charge in [-0.3, -0.25) is 4.79 Å². The second kappa shape index (κ2) is 11.6. The van der Waals surface area contributed by atoms with Crippen molar-refractivity contribution in [1.82, 2.24) is 9.55 Å². The van der Waals surface area contributed by atoms with E-state index in [1.807, 2.05) is 31.6 Å². The van der Waals surface area contributed by atoms with E-state index in [0.717, 1.165) is 43.0 Å². The monoisotopic (exact) mass is 493 g/mol. The smallest absolute Gasteiger partial charge is 0.248 e. The maximum absolute atomic E-state index is 13.3. The maximum atomic E-state index is 13.3. The van der Waals surface area contributed by atoms with E-state index in [2.05, 4.69) is 61.8 Å². The number of hydrogen-bond donors (Lipinski definition) is 1. The molecule has 192 valence electrons. The highest BCUT2D eigenvalue weighted by atomic mass is 19.1. The molecule has 0 aliphatic heterocycles. The van der Waals surface area contributed by atoms with Crippen LogP contribution in [0.5, 0.6) is 0 Å². The molecular formula is C30H37F2N3O. The number of halogens is 2. The van der Waals surface area contributed by atoms with E-state index >= 15 is 0 Å². The van der Waals surface area contributed by atoms with Gasteiger partial charge in [-0.1, -0.05) is 55.7 Å². The number of carbonyl (C=O) groups excluding carboxylic acids is 1. The molecule has 0 saturated carbocycles. The average molecular weight is 494 g/mol. The number of imidazole rings is 1. The Bertz CT molecular complexity index is 1180. The summed E-state index contributed by atoms with van der Waals surface area (Å²) in [6, 6.07) is 3.29. The second-order valence-corrected chi connectivity index (χ2v) is 10.5. The number of anilines is 1. The van der Waals surface area contributed by atoms with Gasteiger partial charge in [0.15, 0.2) is 0 Å². The average Bonchev–Trinajstić information content (AvgIpc) is 3.30. The third-order valence-corrected chi connectivity index (χ3v) is 7.22. The Morgan fingerprint density at radius 1 is 1.25 bits per heavy atom. The first kappa shape index (κ1) is 27.3. The molecule has 1 aromatic heterocycles. The van der Waals surface area contributed by atoms with Crippen LogP contribution < -0.4 is 5.32 Å². The first-order valence-corrected chi connectivity index (χ1v) is 12.4. The molecule has 4 nitrogen and oxygen atoms in total. The van der Waals surface area contributed by atoms with E-state index in [1.54, 1.807) is 0 Å². The molecule has 2 aromatic rings. The largest absolute Gasteiger partial charge is 0.330 e. The lowest BCUT2D eigenvalue weighted by atomic mass is 9.68. The Balaban J connectivity index is 1.65. The number of nitrogens with zero attached hydrogens (tertiary/aromatic N) is 2. The minimum Gasteiger partial charge on any atom is -0.330 e. The Morgan fingerprint density at radius 3 is 2.58 bits per heavy atom. The van der Waals surface area contributed by atoms with Crippen LogP contribution in [0.25, 0.3) is 0 Å². The number of allylic oxidation sites excluding steroid dienone is 7. The van der Waals surface area contributed by atoms with Crippen molar-refractivity contribution in [3.8, 4) is 0 Å². The first-order valence-electron chi connectivity index (χ1n) is 12.4. The van der Waals surface area contributed by atoms with Crippen molar-refractivity contribution in [2.75, 3.05) is 5.32 Å². The third-order valence-electron chi connectivity index (χ3n) is 7.22. The molecule has 0 radical (unpaired) electrons. The predicted octanol–water partition coefficient (Wildman–Crippen LogP) is 7.95. The van der Waals surface area contributed by atoms with Crippen molar-refractivity contribution >= 4 is 11.6 Å². The van der Waals surface area contributed by atoms with Gasteiger partial charge in [0, 0.05) is 30.2 Å². The van der Waals surface area contributed by atoms with Crippen LogP contribution in [0.2, 0.25) is 0 Å². The lowest BCUT2D eigenvalue weighted by Crippen LogP contribution is -2.27. The van der Waals surface area contributed by atoms with E-state index in [-0.39, 0.29) is 11.1 Å². The fourth-order valence-electron chi connectivity index (χ4n) is 4.91. The molecule has 1 amide bonds. The zero-order valence-corrected chi connectivity index (χ0v) is 22.1. The van der Waals surface area contributed by atoms with Crippen LogP contribution in [0.1, 0.15) is 66.8 Å². The quantitative estimate of drug-likeness (QED) is 0.230. The summed E-state index contributed by atoms with van der Waals surface area (Å²) in [6.07, 6.45) is 16.4. The van der Waals surface area contributed by atoms with Gasteiger partial charge in [-0.15, -0.1) is 0 Å². The fraction of sp³-hybridized carbons (Fsp3) is 0.400. The fourth-order valence-corrected chi connectivity index (χ4v) is 4.91. The summed E-state index contributed by atoms with van der Waals surface area (Å²) < 4.78 is 28.8. The number of carbonyl (C=O) groups is 1. The number of benzene rings is 1. The van der Waals surface area contributed by atoms with Gasteiger partial charge in [0.1, 0.15) is 11.6 Å². The Morgan fingerprint density at radius 2 is 1.94 bits per heavy atom. The van der Waals surface area contributed by atoms with Crippen LogP contribution in [0.4, 0.5) is 14.5 Å². The summed E-state index contributed by atoms with van der Waals surface area (Å²) in [5.74, 6) is -1.54. The van der Waals surface area contributed by atoms with E-state index in [0.29, 0.717) is 12.0 Å².